The summed E-state index contributed by atoms with van der Waals surface area (Å²) in [6, 6.07) is 16.6. The van der Waals surface area contributed by atoms with Crippen LogP contribution in [0.15, 0.2) is 53.7 Å². The van der Waals surface area contributed by atoms with E-state index in [-0.39, 0.29) is 5.41 Å². The van der Waals surface area contributed by atoms with E-state index in [1.807, 2.05) is 24.3 Å². The molecule has 0 saturated carbocycles. The molecule has 0 spiro atoms. The van der Waals surface area contributed by atoms with Crippen LogP contribution in [0.25, 0.3) is 11.4 Å². The first kappa shape index (κ1) is 21.9. The molecule has 0 aliphatic heterocycles. The molecule has 3 rings (SSSR count). The number of hydrogen-bond acceptors (Lipinski definition) is 4. The van der Waals surface area contributed by atoms with Gasteiger partial charge in [-0.2, -0.15) is 0 Å². The van der Waals surface area contributed by atoms with Gasteiger partial charge in [0.2, 0.25) is 0 Å². The van der Waals surface area contributed by atoms with Crippen molar-refractivity contribution < 1.29 is 4.74 Å². The number of ether oxygens (including phenoxy) is 1. The number of nitrogens with zero attached hydrogens (tertiary/aromatic N) is 3. The summed E-state index contributed by atoms with van der Waals surface area (Å²) < 4.78 is 7.45. The quantitative estimate of drug-likeness (QED) is 0.314. The van der Waals surface area contributed by atoms with Crippen molar-refractivity contribution in [2.24, 2.45) is 0 Å². The zero-order valence-electron chi connectivity index (χ0n) is 17.5. The molecule has 0 aliphatic carbocycles. The van der Waals surface area contributed by atoms with Gasteiger partial charge in [-0.05, 0) is 35.1 Å². The predicted molar refractivity (Wildman–Crippen MR) is 122 cm³/mol. The van der Waals surface area contributed by atoms with Crippen molar-refractivity contribution >= 4 is 23.4 Å². The minimum absolute atomic E-state index is 0.129. The maximum atomic E-state index is 5.99. The molecule has 29 heavy (non-hydrogen) atoms. The zero-order valence-corrected chi connectivity index (χ0v) is 19.1. The molecule has 0 bridgehead atoms. The van der Waals surface area contributed by atoms with Crippen LogP contribution in [0.4, 0.5) is 0 Å². The maximum Gasteiger partial charge on any atom is 0.191 e. The summed E-state index contributed by atoms with van der Waals surface area (Å²) in [6.45, 7) is 8.20. The Balaban J connectivity index is 1.83. The Morgan fingerprint density at radius 2 is 1.69 bits per heavy atom. The first-order valence-corrected chi connectivity index (χ1v) is 11.1. The number of benzene rings is 2. The van der Waals surface area contributed by atoms with Gasteiger partial charge in [-0.15, -0.1) is 10.2 Å². The van der Waals surface area contributed by atoms with Gasteiger partial charge >= 0.3 is 0 Å². The van der Waals surface area contributed by atoms with Gasteiger partial charge in [0.05, 0.1) is 0 Å². The van der Waals surface area contributed by atoms with Crippen molar-refractivity contribution in [1.29, 1.82) is 0 Å². The van der Waals surface area contributed by atoms with E-state index in [1.165, 1.54) is 11.1 Å². The standard InChI is InChI=1S/C23H28ClN3OS/c1-23(2,3)19-10-8-18(9-11-19)21-25-26-22(27(21)14-5-15-28-4)29-16-17-6-12-20(24)13-7-17/h6-13H,5,14-16H2,1-4H3. The van der Waals surface area contributed by atoms with Gasteiger partial charge in [-0.3, -0.25) is 0 Å². The lowest BCUT2D eigenvalue weighted by atomic mass is 9.87. The Bertz CT molecular complexity index is 915. The van der Waals surface area contributed by atoms with Crippen LogP contribution in [0, 0.1) is 0 Å². The van der Waals surface area contributed by atoms with Crippen LogP contribution in [0.3, 0.4) is 0 Å². The van der Waals surface area contributed by atoms with E-state index < -0.39 is 0 Å². The molecular weight excluding hydrogens is 402 g/mol. The fourth-order valence-electron chi connectivity index (χ4n) is 3.03. The summed E-state index contributed by atoms with van der Waals surface area (Å²) in [6.07, 6.45) is 0.913. The van der Waals surface area contributed by atoms with Crippen molar-refractivity contribution in [2.45, 2.75) is 50.1 Å². The highest BCUT2D eigenvalue weighted by Gasteiger charge is 2.17. The molecule has 4 nitrogen and oxygen atoms in total. The number of thioether (sulfide) groups is 1. The lowest BCUT2D eigenvalue weighted by molar-refractivity contribution is 0.189. The second-order valence-corrected chi connectivity index (χ2v) is 9.43. The Morgan fingerprint density at radius 1 is 1.00 bits per heavy atom. The molecule has 0 radical (unpaired) electrons. The Kier molecular flexibility index (Phi) is 7.38. The Hall–Kier alpha value is -1.82. The summed E-state index contributed by atoms with van der Waals surface area (Å²) in [7, 11) is 1.73. The molecule has 0 fully saturated rings. The third kappa shape index (κ3) is 5.84. The molecule has 0 N–H and O–H groups in total. The molecule has 154 valence electrons. The van der Waals surface area contributed by atoms with E-state index >= 15 is 0 Å². The molecule has 0 atom stereocenters. The molecule has 1 heterocycles. The summed E-state index contributed by atoms with van der Waals surface area (Å²) in [5.74, 6) is 1.72. The minimum Gasteiger partial charge on any atom is -0.385 e. The summed E-state index contributed by atoms with van der Waals surface area (Å²) in [5.41, 5.74) is 3.73. The molecule has 1 aromatic heterocycles. The van der Waals surface area contributed by atoms with Gasteiger partial charge in [0, 0.05) is 36.6 Å². The van der Waals surface area contributed by atoms with Crippen LogP contribution in [-0.4, -0.2) is 28.5 Å². The first-order chi connectivity index (χ1) is 13.9. The third-order valence-corrected chi connectivity index (χ3v) is 6.03. The van der Waals surface area contributed by atoms with Gasteiger partial charge in [-0.1, -0.05) is 80.5 Å². The zero-order chi connectivity index (χ0) is 20.9. The Morgan fingerprint density at radius 3 is 2.31 bits per heavy atom. The van der Waals surface area contributed by atoms with Crippen molar-refractivity contribution in [3.05, 3.63) is 64.7 Å². The van der Waals surface area contributed by atoms with E-state index in [1.54, 1.807) is 18.9 Å². The van der Waals surface area contributed by atoms with E-state index in [2.05, 4.69) is 59.8 Å². The van der Waals surface area contributed by atoms with Gasteiger partial charge in [0.25, 0.3) is 0 Å². The molecule has 0 amide bonds. The van der Waals surface area contributed by atoms with E-state index in [0.29, 0.717) is 6.61 Å². The lowest BCUT2D eigenvalue weighted by Crippen LogP contribution is -2.10. The van der Waals surface area contributed by atoms with Gasteiger partial charge in [0.1, 0.15) is 0 Å². The SMILES string of the molecule is COCCCn1c(SCc2ccc(Cl)cc2)nnc1-c1ccc(C(C)(C)C)cc1. The maximum absolute atomic E-state index is 5.99. The first-order valence-electron chi connectivity index (χ1n) is 9.79. The average Bonchev–Trinajstić information content (AvgIpc) is 3.10. The normalized spacial score (nSPS) is 11.8. The van der Waals surface area contributed by atoms with Crippen molar-refractivity contribution in [3.8, 4) is 11.4 Å². The van der Waals surface area contributed by atoms with E-state index in [9.17, 15) is 0 Å². The van der Waals surface area contributed by atoms with Crippen molar-refractivity contribution in [1.82, 2.24) is 14.8 Å². The fourth-order valence-corrected chi connectivity index (χ4v) is 4.07. The highest BCUT2D eigenvalue weighted by Crippen LogP contribution is 2.29. The average molecular weight is 430 g/mol. The summed E-state index contributed by atoms with van der Waals surface area (Å²) >= 11 is 7.68. The molecule has 2 aromatic carbocycles. The molecule has 0 saturated heterocycles. The van der Waals surface area contributed by atoms with Crippen molar-refractivity contribution in [2.75, 3.05) is 13.7 Å². The molecule has 0 unspecified atom stereocenters. The highest BCUT2D eigenvalue weighted by molar-refractivity contribution is 7.98. The molecule has 0 aliphatic rings. The minimum atomic E-state index is 0.129. The second kappa shape index (κ2) is 9.79. The number of aromatic nitrogens is 3. The number of halogens is 1. The summed E-state index contributed by atoms with van der Waals surface area (Å²) in [5, 5.41) is 10.7. The van der Waals surface area contributed by atoms with Crippen molar-refractivity contribution in [3.63, 3.8) is 0 Å². The van der Waals surface area contributed by atoms with E-state index in [4.69, 9.17) is 16.3 Å². The topological polar surface area (TPSA) is 39.9 Å². The number of methoxy groups -OCH3 is 1. The number of hydrogen-bond donors (Lipinski definition) is 0. The highest BCUT2D eigenvalue weighted by atomic mass is 35.5. The summed E-state index contributed by atoms with van der Waals surface area (Å²) in [4.78, 5) is 0. The van der Waals surface area contributed by atoms with E-state index in [0.717, 1.165) is 40.3 Å². The second-order valence-electron chi connectivity index (χ2n) is 8.05. The predicted octanol–water partition coefficient (Wildman–Crippen LogP) is 6.22. The monoisotopic (exact) mass is 429 g/mol. The largest absolute Gasteiger partial charge is 0.385 e. The smallest absolute Gasteiger partial charge is 0.191 e. The van der Waals surface area contributed by atoms with Crippen LogP contribution < -0.4 is 0 Å². The van der Waals surface area contributed by atoms with Gasteiger partial charge in [0.15, 0.2) is 11.0 Å². The Labute approximate surface area is 182 Å². The third-order valence-electron chi connectivity index (χ3n) is 4.74. The van der Waals surface area contributed by atoms with Crippen LogP contribution in [0.5, 0.6) is 0 Å². The van der Waals surface area contributed by atoms with Crippen LogP contribution in [0.1, 0.15) is 38.3 Å². The molecular formula is C23H28ClN3OS. The van der Waals surface area contributed by atoms with Crippen LogP contribution >= 0.6 is 23.4 Å². The molecule has 3 aromatic rings. The van der Waals surface area contributed by atoms with Crippen LogP contribution in [-0.2, 0) is 22.4 Å². The number of rotatable bonds is 8. The molecule has 6 heteroatoms. The van der Waals surface area contributed by atoms with Gasteiger partial charge < -0.3 is 9.30 Å². The van der Waals surface area contributed by atoms with Gasteiger partial charge in [-0.25, -0.2) is 0 Å². The lowest BCUT2D eigenvalue weighted by Gasteiger charge is -2.19. The van der Waals surface area contributed by atoms with Crippen LogP contribution in [0.2, 0.25) is 5.02 Å². The fraction of sp³-hybridized carbons (Fsp3) is 0.391.